The van der Waals surface area contributed by atoms with Crippen LogP contribution in [0.4, 0.5) is 5.13 Å². The second-order valence-corrected chi connectivity index (χ2v) is 7.28. The third-order valence-electron chi connectivity index (χ3n) is 4.25. The van der Waals surface area contributed by atoms with Gasteiger partial charge in [-0.15, -0.1) is 0 Å². The Morgan fingerprint density at radius 2 is 2.00 bits per heavy atom. The van der Waals surface area contributed by atoms with E-state index in [0.717, 1.165) is 61.3 Å². The predicted molar refractivity (Wildman–Crippen MR) is 86.7 cm³/mol. The van der Waals surface area contributed by atoms with Crippen LogP contribution in [0.3, 0.4) is 0 Å². The summed E-state index contributed by atoms with van der Waals surface area (Å²) in [6, 6.07) is 0. The van der Waals surface area contributed by atoms with Crippen molar-refractivity contribution in [2.75, 3.05) is 58.3 Å². The second kappa shape index (κ2) is 6.42. The van der Waals surface area contributed by atoms with Crippen molar-refractivity contribution >= 4 is 22.8 Å². The van der Waals surface area contributed by atoms with E-state index >= 15 is 0 Å². The number of likely N-dealkylation sites (N-methyl/N-ethyl adjacent to an activating group) is 1. The minimum atomic E-state index is 0.552. The van der Waals surface area contributed by atoms with E-state index in [2.05, 4.69) is 28.8 Å². The molecule has 0 aromatic carbocycles. The number of aldehydes is 1. The molecule has 0 spiro atoms. The van der Waals surface area contributed by atoms with E-state index in [1.165, 1.54) is 12.8 Å². The monoisotopic (exact) mass is 308 g/mol. The highest BCUT2D eigenvalue weighted by molar-refractivity contribution is 7.17. The molecule has 0 bridgehead atoms. The SMILES string of the molecule is CN(C)CCN1CCN(c2nc(C3CC3)c(C=O)s2)CC1. The smallest absolute Gasteiger partial charge is 0.186 e. The van der Waals surface area contributed by atoms with E-state index < -0.39 is 0 Å². The van der Waals surface area contributed by atoms with Gasteiger partial charge in [-0.05, 0) is 26.9 Å². The second-order valence-electron chi connectivity index (χ2n) is 6.27. The lowest BCUT2D eigenvalue weighted by molar-refractivity contribution is 0.112. The van der Waals surface area contributed by atoms with Crippen LogP contribution in [0, 0.1) is 0 Å². The fourth-order valence-electron chi connectivity index (χ4n) is 2.70. The zero-order chi connectivity index (χ0) is 14.8. The van der Waals surface area contributed by atoms with Crippen molar-refractivity contribution in [3.05, 3.63) is 10.6 Å². The van der Waals surface area contributed by atoms with E-state index in [1.807, 2.05) is 0 Å². The van der Waals surface area contributed by atoms with Gasteiger partial charge in [0.05, 0.1) is 10.6 Å². The molecule has 0 radical (unpaired) electrons. The summed E-state index contributed by atoms with van der Waals surface area (Å²) in [6.07, 6.45) is 3.38. The van der Waals surface area contributed by atoms with Gasteiger partial charge >= 0.3 is 0 Å². The molecule has 1 aromatic heterocycles. The first-order valence-corrected chi connectivity index (χ1v) is 8.57. The molecule has 2 aliphatic rings. The molecule has 0 atom stereocenters. The largest absolute Gasteiger partial charge is 0.346 e. The van der Waals surface area contributed by atoms with Crippen molar-refractivity contribution in [1.29, 1.82) is 0 Å². The van der Waals surface area contributed by atoms with E-state index in [4.69, 9.17) is 4.98 Å². The van der Waals surface area contributed by atoms with Crippen LogP contribution in [0.5, 0.6) is 0 Å². The van der Waals surface area contributed by atoms with Crippen LogP contribution < -0.4 is 4.90 Å². The Hall–Kier alpha value is -0.980. The van der Waals surface area contributed by atoms with Crippen LogP contribution >= 0.6 is 11.3 Å². The van der Waals surface area contributed by atoms with Gasteiger partial charge in [-0.1, -0.05) is 11.3 Å². The van der Waals surface area contributed by atoms with Gasteiger partial charge in [0.25, 0.3) is 0 Å². The Morgan fingerprint density at radius 1 is 1.29 bits per heavy atom. The van der Waals surface area contributed by atoms with Gasteiger partial charge in [-0.25, -0.2) is 4.98 Å². The minimum Gasteiger partial charge on any atom is -0.346 e. The standard InChI is InChI=1S/C15H24N4OS/c1-17(2)5-6-18-7-9-19(10-8-18)15-16-14(12-3-4-12)13(11-20)21-15/h11-12H,3-10H2,1-2H3. The lowest BCUT2D eigenvalue weighted by atomic mass is 10.3. The number of carbonyl (C=O) groups is 1. The Labute approximate surface area is 130 Å². The predicted octanol–water partition coefficient (Wildman–Crippen LogP) is 1.52. The van der Waals surface area contributed by atoms with Crippen LogP contribution in [-0.4, -0.2) is 74.4 Å². The Morgan fingerprint density at radius 3 is 2.57 bits per heavy atom. The van der Waals surface area contributed by atoms with Crippen molar-refractivity contribution in [2.45, 2.75) is 18.8 Å². The molecule has 1 aliphatic carbocycles. The van der Waals surface area contributed by atoms with Crippen LogP contribution in [-0.2, 0) is 0 Å². The average molecular weight is 308 g/mol. The number of hydrogen-bond donors (Lipinski definition) is 0. The quantitative estimate of drug-likeness (QED) is 0.745. The maximum atomic E-state index is 11.2. The molecule has 1 saturated carbocycles. The lowest BCUT2D eigenvalue weighted by Crippen LogP contribution is -2.48. The van der Waals surface area contributed by atoms with Crippen molar-refractivity contribution < 1.29 is 4.79 Å². The number of carbonyl (C=O) groups excluding carboxylic acids is 1. The highest BCUT2D eigenvalue weighted by Crippen LogP contribution is 2.43. The van der Waals surface area contributed by atoms with Crippen molar-refractivity contribution in [3.63, 3.8) is 0 Å². The number of hydrogen-bond acceptors (Lipinski definition) is 6. The topological polar surface area (TPSA) is 39.7 Å². The van der Waals surface area contributed by atoms with E-state index in [0.29, 0.717) is 5.92 Å². The molecule has 5 nitrogen and oxygen atoms in total. The van der Waals surface area contributed by atoms with Crippen molar-refractivity contribution in [3.8, 4) is 0 Å². The summed E-state index contributed by atoms with van der Waals surface area (Å²) in [7, 11) is 4.23. The van der Waals surface area contributed by atoms with Crippen LogP contribution in [0.2, 0.25) is 0 Å². The van der Waals surface area contributed by atoms with E-state index in [9.17, 15) is 4.79 Å². The molecule has 21 heavy (non-hydrogen) atoms. The molecular weight excluding hydrogens is 284 g/mol. The van der Waals surface area contributed by atoms with Gasteiger partial charge in [0.15, 0.2) is 11.4 Å². The van der Waals surface area contributed by atoms with Gasteiger partial charge in [0, 0.05) is 45.2 Å². The van der Waals surface area contributed by atoms with Gasteiger partial charge in [0.2, 0.25) is 0 Å². The van der Waals surface area contributed by atoms with Crippen molar-refractivity contribution in [1.82, 2.24) is 14.8 Å². The normalized spacial score (nSPS) is 20.2. The number of anilines is 1. The van der Waals surface area contributed by atoms with Crippen LogP contribution in [0.25, 0.3) is 0 Å². The lowest BCUT2D eigenvalue weighted by Gasteiger charge is -2.35. The third-order valence-corrected chi connectivity index (χ3v) is 5.30. The minimum absolute atomic E-state index is 0.552. The molecule has 0 unspecified atom stereocenters. The molecule has 2 fully saturated rings. The van der Waals surface area contributed by atoms with Crippen molar-refractivity contribution in [2.24, 2.45) is 0 Å². The van der Waals surface area contributed by atoms with Crippen LogP contribution in [0.1, 0.15) is 34.1 Å². The highest BCUT2D eigenvalue weighted by Gasteiger charge is 2.31. The summed E-state index contributed by atoms with van der Waals surface area (Å²) >= 11 is 1.57. The summed E-state index contributed by atoms with van der Waals surface area (Å²) in [5.41, 5.74) is 1.06. The number of aromatic nitrogens is 1. The molecule has 1 saturated heterocycles. The fourth-order valence-corrected chi connectivity index (χ4v) is 3.72. The zero-order valence-corrected chi connectivity index (χ0v) is 13.7. The Bertz CT molecular complexity index is 490. The van der Waals surface area contributed by atoms with Gasteiger partial charge in [0.1, 0.15) is 0 Å². The number of piperazine rings is 1. The maximum absolute atomic E-state index is 11.2. The molecular formula is C15H24N4OS. The van der Waals surface area contributed by atoms with E-state index in [1.54, 1.807) is 11.3 Å². The average Bonchev–Trinajstić information content (AvgIpc) is 3.25. The molecule has 1 aliphatic heterocycles. The summed E-state index contributed by atoms with van der Waals surface area (Å²) in [5, 5.41) is 1.05. The fraction of sp³-hybridized carbons (Fsp3) is 0.733. The summed E-state index contributed by atoms with van der Waals surface area (Å²) in [5.74, 6) is 0.552. The Kier molecular flexibility index (Phi) is 4.57. The molecule has 1 aromatic rings. The highest BCUT2D eigenvalue weighted by atomic mass is 32.1. The van der Waals surface area contributed by atoms with E-state index in [-0.39, 0.29) is 0 Å². The summed E-state index contributed by atoms with van der Waals surface area (Å²) < 4.78 is 0. The van der Waals surface area contributed by atoms with Crippen LogP contribution in [0.15, 0.2) is 0 Å². The first kappa shape index (κ1) is 14.9. The zero-order valence-electron chi connectivity index (χ0n) is 12.9. The van der Waals surface area contributed by atoms with Gasteiger partial charge in [-0.3, -0.25) is 9.69 Å². The summed E-state index contributed by atoms with van der Waals surface area (Å²) in [6.45, 7) is 6.45. The number of thiazole rings is 1. The molecule has 116 valence electrons. The molecule has 6 heteroatoms. The molecule has 3 rings (SSSR count). The number of rotatable bonds is 6. The molecule has 0 amide bonds. The van der Waals surface area contributed by atoms with Gasteiger partial charge < -0.3 is 9.80 Å². The molecule has 0 N–H and O–H groups in total. The Balaban J connectivity index is 1.58. The summed E-state index contributed by atoms with van der Waals surface area (Å²) in [4.78, 5) is 23.9. The first-order valence-electron chi connectivity index (χ1n) is 7.75. The first-order chi connectivity index (χ1) is 10.2. The molecule has 2 heterocycles. The van der Waals surface area contributed by atoms with Gasteiger partial charge in [-0.2, -0.15) is 0 Å². The maximum Gasteiger partial charge on any atom is 0.186 e. The third kappa shape index (κ3) is 3.62. The number of nitrogens with zero attached hydrogens (tertiary/aromatic N) is 4.